The molecule has 0 saturated heterocycles. The Hall–Kier alpha value is -3.34. The summed E-state index contributed by atoms with van der Waals surface area (Å²) in [5, 5.41) is 18.5. The van der Waals surface area contributed by atoms with Crippen LogP contribution in [0, 0.1) is 0 Å². The Morgan fingerprint density at radius 2 is 1.43 bits per heavy atom. The molecule has 2 aromatic carbocycles. The lowest BCUT2D eigenvalue weighted by atomic mass is 10.0. The summed E-state index contributed by atoms with van der Waals surface area (Å²) in [6.07, 6.45) is 0. The molecule has 0 atom stereocenters. The Kier molecular flexibility index (Phi) is 3.68. The number of carbonyl (C=O) groups is 1. The van der Waals surface area contributed by atoms with Gasteiger partial charge in [0, 0.05) is 5.69 Å². The van der Waals surface area contributed by atoms with Crippen LogP contribution in [0.5, 0.6) is 5.75 Å². The van der Waals surface area contributed by atoms with Crippen LogP contribution in [-0.2, 0) is 0 Å². The molecule has 0 spiro atoms. The van der Waals surface area contributed by atoms with E-state index in [-0.39, 0.29) is 0 Å². The molecule has 3 rings (SSSR count). The van der Waals surface area contributed by atoms with Crippen molar-refractivity contribution in [1.82, 2.24) is 4.98 Å². The smallest absolute Gasteiger partial charge is 0.339 e. The first kappa shape index (κ1) is 14.6. The first-order valence-electron chi connectivity index (χ1n) is 6.91. The Bertz CT molecular complexity index is 912. The molecule has 0 aliphatic heterocycles. The Balaban J connectivity index is 2.03. The van der Waals surface area contributed by atoms with Crippen LogP contribution in [0.1, 0.15) is 10.4 Å². The summed E-state index contributed by atoms with van der Waals surface area (Å²) >= 11 is 0. The minimum absolute atomic E-state index is 0.338. The van der Waals surface area contributed by atoms with Gasteiger partial charge in [0.2, 0.25) is 0 Å². The van der Waals surface area contributed by atoms with Gasteiger partial charge in [0.15, 0.2) is 5.75 Å². The lowest BCUT2D eigenvalue weighted by molar-refractivity contribution is 0.0693. The third-order valence-electron chi connectivity index (χ3n) is 3.54. The van der Waals surface area contributed by atoms with Crippen LogP contribution in [0.15, 0.2) is 65.5 Å². The normalized spacial score (nSPS) is 10.4. The number of carboxylic acid groups (broad SMARTS) is 1. The summed E-state index contributed by atoms with van der Waals surface area (Å²) < 4.78 is 0. The van der Waals surface area contributed by atoms with Gasteiger partial charge in [0.05, 0.1) is 0 Å². The molecule has 5 nitrogen and oxygen atoms in total. The average molecular weight is 307 g/mol. The number of aromatic nitrogens is 1. The predicted molar refractivity (Wildman–Crippen MR) is 86.6 cm³/mol. The average Bonchev–Trinajstić information content (AvgIpc) is 2.58. The number of carboxylic acids is 1. The monoisotopic (exact) mass is 307 g/mol. The van der Waals surface area contributed by atoms with E-state index < -0.39 is 22.8 Å². The molecule has 0 radical (unpaired) electrons. The van der Waals surface area contributed by atoms with Crippen LogP contribution in [0.3, 0.4) is 0 Å². The molecular formula is C18H13NO4. The standard InChI is InChI=1S/C18H13NO4/c20-16-14(18(22)23)10-15(19-17(16)21)13-8-6-12(7-9-13)11-4-2-1-3-5-11/h1-10,20H,(H,19,21)(H,22,23). The number of aromatic amines is 1. The second-order valence-corrected chi connectivity index (χ2v) is 5.02. The van der Waals surface area contributed by atoms with E-state index in [0.29, 0.717) is 11.3 Å². The molecule has 0 fully saturated rings. The third-order valence-corrected chi connectivity index (χ3v) is 3.54. The van der Waals surface area contributed by atoms with E-state index >= 15 is 0 Å². The van der Waals surface area contributed by atoms with Crippen molar-refractivity contribution >= 4 is 5.97 Å². The minimum Gasteiger partial charge on any atom is -0.502 e. The predicted octanol–water partition coefficient (Wildman–Crippen LogP) is 3.11. The first-order chi connectivity index (χ1) is 11.1. The molecule has 0 aliphatic carbocycles. The highest BCUT2D eigenvalue weighted by atomic mass is 16.4. The van der Waals surface area contributed by atoms with Crippen LogP contribution in [-0.4, -0.2) is 21.2 Å². The second-order valence-electron chi connectivity index (χ2n) is 5.02. The number of H-pyrrole nitrogens is 1. The topological polar surface area (TPSA) is 90.4 Å². The van der Waals surface area contributed by atoms with Crippen molar-refractivity contribution in [2.45, 2.75) is 0 Å². The second kappa shape index (κ2) is 5.81. The van der Waals surface area contributed by atoms with E-state index in [2.05, 4.69) is 4.98 Å². The van der Waals surface area contributed by atoms with Crippen LogP contribution in [0.2, 0.25) is 0 Å². The molecule has 5 heteroatoms. The van der Waals surface area contributed by atoms with Crippen molar-refractivity contribution in [1.29, 1.82) is 0 Å². The van der Waals surface area contributed by atoms with Crippen LogP contribution >= 0.6 is 0 Å². The number of hydrogen-bond acceptors (Lipinski definition) is 3. The highest BCUT2D eigenvalue weighted by Gasteiger charge is 2.15. The van der Waals surface area contributed by atoms with Gasteiger partial charge in [-0.05, 0) is 22.8 Å². The summed E-state index contributed by atoms with van der Waals surface area (Å²) in [4.78, 5) is 25.2. The van der Waals surface area contributed by atoms with Gasteiger partial charge in [-0.3, -0.25) is 4.79 Å². The van der Waals surface area contributed by atoms with Crippen molar-refractivity contribution in [3.8, 4) is 28.1 Å². The van der Waals surface area contributed by atoms with Crippen LogP contribution < -0.4 is 5.56 Å². The van der Waals surface area contributed by atoms with Gasteiger partial charge in [-0.1, -0.05) is 54.6 Å². The molecule has 0 unspecified atom stereocenters. The van der Waals surface area contributed by atoms with Crippen molar-refractivity contribution in [3.05, 3.63) is 76.6 Å². The zero-order valence-corrected chi connectivity index (χ0v) is 12.0. The van der Waals surface area contributed by atoms with Gasteiger partial charge in [0.25, 0.3) is 5.56 Å². The maximum absolute atomic E-state index is 11.7. The summed E-state index contributed by atoms with van der Waals surface area (Å²) in [7, 11) is 0. The number of aromatic hydroxyl groups is 1. The fourth-order valence-corrected chi connectivity index (χ4v) is 2.34. The summed E-state index contributed by atoms with van der Waals surface area (Å²) in [6, 6.07) is 18.4. The SMILES string of the molecule is O=C(O)c1cc(-c2ccc(-c3ccccc3)cc2)[nH]c(=O)c1O. The fourth-order valence-electron chi connectivity index (χ4n) is 2.34. The molecule has 0 bridgehead atoms. The number of hydrogen-bond donors (Lipinski definition) is 3. The quantitative estimate of drug-likeness (QED) is 0.693. The molecule has 1 aromatic heterocycles. The first-order valence-corrected chi connectivity index (χ1v) is 6.91. The number of pyridine rings is 1. The van der Waals surface area contributed by atoms with Gasteiger partial charge >= 0.3 is 5.97 Å². The maximum Gasteiger partial charge on any atom is 0.339 e. The lowest BCUT2D eigenvalue weighted by Gasteiger charge is -2.07. The van der Waals surface area contributed by atoms with Crippen molar-refractivity contribution in [3.63, 3.8) is 0 Å². The molecule has 0 aliphatic rings. The van der Waals surface area contributed by atoms with E-state index in [1.165, 1.54) is 6.07 Å². The van der Waals surface area contributed by atoms with E-state index in [4.69, 9.17) is 5.11 Å². The van der Waals surface area contributed by atoms with Crippen molar-refractivity contribution in [2.75, 3.05) is 0 Å². The van der Waals surface area contributed by atoms with Crippen LogP contribution in [0.25, 0.3) is 22.4 Å². The van der Waals surface area contributed by atoms with Gasteiger partial charge in [-0.2, -0.15) is 0 Å². The number of nitrogens with one attached hydrogen (secondary N) is 1. The molecule has 3 aromatic rings. The highest BCUT2D eigenvalue weighted by molar-refractivity contribution is 5.91. The number of aromatic carboxylic acids is 1. The molecule has 114 valence electrons. The Morgan fingerprint density at radius 1 is 0.870 bits per heavy atom. The van der Waals surface area contributed by atoms with Crippen LogP contribution in [0.4, 0.5) is 0 Å². The van der Waals surface area contributed by atoms with Gasteiger partial charge < -0.3 is 15.2 Å². The summed E-state index contributed by atoms with van der Waals surface area (Å²) in [5.74, 6) is -2.14. The number of benzene rings is 2. The highest BCUT2D eigenvalue weighted by Crippen LogP contribution is 2.25. The molecular weight excluding hydrogens is 294 g/mol. The Labute approximate surface area is 131 Å². The fraction of sp³-hybridized carbons (Fsp3) is 0. The van der Waals surface area contributed by atoms with Crippen molar-refractivity contribution in [2.24, 2.45) is 0 Å². The Morgan fingerprint density at radius 3 is 2.04 bits per heavy atom. The maximum atomic E-state index is 11.7. The largest absolute Gasteiger partial charge is 0.502 e. The van der Waals surface area contributed by atoms with Gasteiger partial charge in [0.1, 0.15) is 5.56 Å². The van der Waals surface area contributed by atoms with E-state index in [9.17, 15) is 14.7 Å². The number of rotatable bonds is 3. The minimum atomic E-state index is -1.35. The molecule has 3 N–H and O–H groups in total. The summed E-state index contributed by atoms with van der Waals surface area (Å²) in [6.45, 7) is 0. The van der Waals surface area contributed by atoms with E-state index in [0.717, 1.165) is 11.1 Å². The molecule has 1 heterocycles. The van der Waals surface area contributed by atoms with Gasteiger partial charge in [-0.15, -0.1) is 0 Å². The molecule has 0 saturated carbocycles. The zero-order chi connectivity index (χ0) is 16.4. The summed E-state index contributed by atoms with van der Waals surface area (Å²) in [5.41, 5.74) is 1.82. The zero-order valence-electron chi connectivity index (χ0n) is 12.0. The molecule has 0 amide bonds. The van der Waals surface area contributed by atoms with Gasteiger partial charge in [-0.25, -0.2) is 4.79 Å². The van der Waals surface area contributed by atoms with Crippen molar-refractivity contribution < 1.29 is 15.0 Å². The molecule has 23 heavy (non-hydrogen) atoms. The third kappa shape index (κ3) is 2.85. The lowest BCUT2D eigenvalue weighted by Crippen LogP contribution is -2.12. The van der Waals surface area contributed by atoms with E-state index in [1.807, 2.05) is 42.5 Å². The van der Waals surface area contributed by atoms with E-state index in [1.54, 1.807) is 12.1 Å².